The molecule has 3 rings (SSSR count). The molecule has 9 nitrogen and oxygen atoms in total. The normalized spacial score (nSPS) is 13.1. The maximum atomic E-state index is 12.0. The van der Waals surface area contributed by atoms with Crippen LogP contribution >= 0.6 is 0 Å². The summed E-state index contributed by atoms with van der Waals surface area (Å²) in [6.45, 7) is 0.209. The highest BCUT2D eigenvalue weighted by molar-refractivity contribution is 6.02. The molecule has 0 unspecified atom stereocenters. The summed E-state index contributed by atoms with van der Waals surface area (Å²) in [4.78, 5) is 36.5. The van der Waals surface area contributed by atoms with Gasteiger partial charge in [0, 0.05) is 35.5 Å². The molecule has 0 bridgehead atoms. The number of pyridine rings is 1. The first-order valence-electron chi connectivity index (χ1n) is 7.23. The molecule has 25 heavy (non-hydrogen) atoms. The van der Waals surface area contributed by atoms with Crippen molar-refractivity contribution >= 4 is 23.4 Å². The van der Waals surface area contributed by atoms with E-state index in [-0.39, 0.29) is 24.8 Å². The van der Waals surface area contributed by atoms with E-state index in [1.807, 2.05) is 0 Å². The summed E-state index contributed by atoms with van der Waals surface area (Å²) in [5.74, 6) is -0.123. The average Bonchev–Trinajstić information content (AvgIpc) is 2.61. The van der Waals surface area contributed by atoms with E-state index in [2.05, 4.69) is 10.3 Å². The number of non-ortho nitro benzene ring substituents is 1. The van der Waals surface area contributed by atoms with E-state index in [1.54, 1.807) is 6.07 Å². The molecular formula is C16H13N3O6. The number of ether oxygens (including phenoxy) is 2. The number of hydrogen-bond acceptors (Lipinski definition) is 6. The minimum absolute atomic E-state index is 0.0250. The Bertz CT molecular complexity index is 918. The van der Waals surface area contributed by atoms with Gasteiger partial charge in [0.2, 0.25) is 5.91 Å². The molecule has 9 heteroatoms. The van der Waals surface area contributed by atoms with Crippen molar-refractivity contribution in [2.24, 2.45) is 0 Å². The van der Waals surface area contributed by atoms with Gasteiger partial charge in [-0.3, -0.25) is 19.7 Å². The molecule has 1 aromatic carbocycles. The van der Waals surface area contributed by atoms with Crippen molar-refractivity contribution in [1.82, 2.24) is 4.98 Å². The van der Waals surface area contributed by atoms with Crippen molar-refractivity contribution in [1.29, 1.82) is 0 Å². The maximum absolute atomic E-state index is 12.0. The van der Waals surface area contributed by atoms with Gasteiger partial charge >= 0.3 is 0 Å². The summed E-state index contributed by atoms with van der Waals surface area (Å²) in [6, 6.07) is 5.71. The number of nitrogens with zero attached hydrogens (tertiary/aromatic N) is 1. The molecule has 0 aliphatic carbocycles. The highest BCUT2D eigenvalue weighted by Crippen LogP contribution is 2.33. The van der Waals surface area contributed by atoms with Gasteiger partial charge in [-0.1, -0.05) is 0 Å². The molecule has 1 aliphatic heterocycles. The summed E-state index contributed by atoms with van der Waals surface area (Å²) in [5.41, 5.74) is 0.442. The van der Waals surface area contributed by atoms with Crippen molar-refractivity contribution < 1.29 is 19.2 Å². The summed E-state index contributed by atoms with van der Waals surface area (Å²) >= 11 is 0. The van der Waals surface area contributed by atoms with Crippen molar-refractivity contribution in [3.8, 4) is 5.75 Å². The van der Waals surface area contributed by atoms with Crippen LogP contribution in [-0.4, -0.2) is 22.6 Å². The van der Waals surface area contributed by atoms with Crippen LogP contribution in [0.25, 0.3) is 6.08 Å². The molecule has 0 saturated carbocycles. The molecular weight excluding hydrogens is 330 g/mol. The largest absolute Gasteiger partial charge is 0.467 e. The van der Waals surface area contributed by atoms with Crippen LogP contribution in [0.1, 0.15) is 11.1 Å². The number of nitro groups is 1. The third kappa shape index (κ3) is 3.72. The Morgan fingerprint density at radius 2 is 2.24 bits per heavy atom. The Morgan fingerprint density at radius 3 is 3.00 bits per heavy atom. The second-order valence-corrected chi connectivity index (χ2v) is 5.13. The van der Waals surface area contributed by atoms with Crippen LogP contribution < -0.4 is 15.6 Å². The molecule has 0 radical (unpaired) electrons. The van der Waals surface area contributed by atoms with Gasteiger partial charge < -0.3 is 19.8 Å². The van der Waals surface area contributed by atoms with Gasteiger partial charge in [-0.05, 0) is 18.2 Å². The Hall–Kier alpha value is -3.46. The molecule has 2 heterocycles. The highest BCUT2D eigenvalue weighted by atomic mass is 16.7. The van der Waals surface area contributed by atoms with E-state index in [0.29, 0.717) is 16.9 Å². The number of nitro benzene ring substituents is 1. The summed E-state index contributed by atoms with van der Waals surface area (Å²) in [5, 5.41) is 13.5. The van der Waals surface area contributed by atoms with Crippen molar-refractivity contribution in [3.05, 3.63) is 68.1 Å². The number of nitrogens with one attached hydrogen (secondary N) is 2. The predicted octanol–water partition coefficient (Wildman–Crippen LogP) is 1.80. The van der Waals surface area contributed by atoms with E-state index in [9.17, 15) is 19.7 Å². The first-order chi connectivity index (χ1) is 12.0. The van der Waals surface area contributed by atoms with E-state index < -0.39 is 16.4 Å². The second-order valence-electron chi connectivity index (χ2n) is 5.13. The quantitative estimate of drug-likeness (QED) is 0.496. The average molecular weight is 343 g/mol. The Kier molecular flexibility index (Phi) is 4.57. The fraction of sp³-hybridized carbons (Fsp3) is 0.125. The molecule has 0 atom stereocenters. The fourth-order valence-corrected chi connectivity index (χ4v) is 2.32. The monoisotopic (exact) mass is 343 g/mol. The van der Waals surface area contributed by atoms with Gasteiger partial charge in [-0.2, -0.15) is 0 Å². The zero-order valence-corrected chi connectivity index (χ0v) is 12.9. The lowest BCUT2D eigenvalue weighted by atomic mass is 10.1. The SMILES string of the molecule is O=C(C=Cc1cc([N+](=O)[O-])cc2c1OCOC2)Nc1ccc[nH]c1=O. The Labute approximate surface area is 141 Å². The molecule has 1 aliphatic rings. The highest BCUT2D eigenvalue weighted by Gasteiger charge is 2.19. The van der Waals surface area contributed by atoms with Gasteiger partial charge in [-0.25, -0.2) is 0 Å². The topological polar surface area (TPSA) is 124 Å². The number of anilines is 1. The summed E-state index contributed by atoms with van der Waals surface area (Å²) < 4.78 is 10.5. The number of carbonyl (C=O) groups excluding carboxylic acids is 1. The number of rotatable bonds is 4. The van der Waals surface area contributed by atoms with Crippen molar-refractivity contribution in [2.45, 2.75) is 6.61 Å². The van der Waals surface area contributed by atoms with Gasteiger partial charge in [0.25, 0.3) is 11.2 Å². The lowest BCUT2D eigenvalue weighted by molar-refractivity contribution is -0.385. The van der Waals surface area contributed by atoms with Gasteiger partial charge in [0.1, 0.15) is 11.4 Å². The fourth-order valence-electron chi connectivity index (χ4n) is 2.32. The molecule has 2 N–H and O–H groups in total. The van der Waals surface area contributed by atoms with Crippen LogP contribution in [0.15, 0.2) is 41.3 Å². The number of benzene rings is 1. The second kappa shape index (κ2) is 6.97. The third-order valence-corrected chi connectivity index (χ3v) is 3.42. The van der Waals surface area contributed by atoms with Crippen LogP contribution in [0.5, 0.6) is 5.75 Å². The van der Waals surface area contributed by atoms with Gasteiger partial charge in [0.05, 0.1) is 11.5 Å². The lowest BCUT2D eigenvalue weighted by Gasteiger charge is -2.19. The summed E-state index contributed by atoms with van der Waals surface area (Å²) in [6.07, 6.45) is 4.01. The van der Waals surface area contributed by atoms with Gasteiger partial charge in [-0.15, -0.1) is 0 Å². The number of amides is 1. The zero-order valence-electron chi connectivity index (χ0n) is 12.9. The molecule has 128 valence electrons. The molecule has 1 aromatic heterocycles. The molecule has 1 amide bonds. The Morgan fingerprint density at radius 1 is 1.40 bits per heavy atom. The van der Waals surface area contributed by atoms with E-state index in [1.165, 1.54) is 36.5 Å². The van der Waals surface area contributed by atoms with Crippen LogP contribution in [0.4, 0.5) is 11.4 Å². The summed E-state index contributed by atoms with van der Waals surface area (Å²) in [7, 11) is 0. The third-order valence-electron chi connectivity index (χ3n) is 3.42. The smallest absolute Gasteiger partial charge is 0.271 e. The van der Waals surface area contributed by atoms with Crippen LogP contribution in [0.2, 0.25) is 0 Å². The number of carbonyl (C=O) groups is 1. The number of fused-ring (bicyclic) bond motifs is 1. The molecule has 0 spiro atoms. The predicted molar refractivity (Wildman–Crippen MR) is 88.1 cm³/mol. The minimum atomic E-state index is -0.552. The first kappa shape index (κ1) is 16.4. The number of aromatic nitrogens is 1. The zero-order chi connectivity index (χ0) is 17.8. The number of hydrogen-bond donors (Lipinski definition) is 2. The van der Waals surface area contributed by atoms with Crippen molar-refractivity contribution in [2.75, 3.05) is 12.1 Å². The standard InChI is InChI=1S/C16H13N3O6/c20-14(18-13-2-1-5-17-16(13)21)4-3-10-6-12(19(22)23)7-11-8-24-9-25-15(10)11/h1-7H,8-9H2,(H,17,21)(H,18,20). The van der Waals surface area contributed by atoms with Crippen LogP contribution in [0, 0.1) is 10.1 Å². The van der Waals surface area contributed by atoms with Crippen molar-refractivity contribution in [3.63, 3.8) is 0 Å². The van der Waals surface area contributed by atoms with Crippen LogP contribution in [0.3, 0.4) is 0 Å². The number of H-pyrrole nitrogens is 1. The number of aromatic amines is 1. The van der Waals surface area contributed by atoms with E-state index in [0.717, 1.165) is 0 Å². The molecule has 2 aromatic rings. The van der Waals surface area contributed by atoms with Gasteiger partial charge in [0.15, 0.2) is 6.79 Å². The first-order valence-corrected chi connectivity index (χ1v) is 7.23. The van der Waals surface area contributed by atoms with E-state index >= 15 is 0 Å². The Balaban J connectivity index is 1.86. The lowest BCUT2D eigenvalue weighted by Crippen LogP contribution is -2.17. The molecule has 0 fully saturated rings. The van der Waals surface area contributed by atoms with Crippen LogP contribution in [-0.2, 0) is 16.1 Å². The maximum Gasteiger partial charge on any atom is 0.271 e. The minimum Gasteiger partial charge on any atom is -0.467 e. The molecule has 0 saturated heterocycles. The van der Waals surface area contributed by atoms with E-state index in [4.69, 9.17) is 9.47 Å².